The highest BCUT2D eigenvalue weighted by Gasteiger charge is 2.48. The van der Waals surface area contributed by atoms with Crippen molar-refractivity contribution in [2.75, 3.05) is 41.5 Å². The molecule has 0 saturated carbocycles. The second-order valence-corrected chi connectivity index (χ2v) is 16.0. The first-order chi connectivity index (χ1) is 27.0. The summed E-state index contributed by atoms with van der Waals surface area (Å²) in [6.45, 7) is 10.9. The third-order valence-electron chi connectivity index (χ3n) is 11.7. The molecule has 17 nitrogen and oxygen atoms in total. The first-order valence-corrected chi connectivity index (χ1v) is 20.1. The van der Waals surface area contributed by atoms with Crippen LogP contribution >= 0.6 is 0 Å². The Morgan fingerprint density at radius 3 is 2.18 bits per heavy atom. The molecule has 4 N–H and O–H groups in total. The second-order valence-electron chi connectivity index (χ2n) is 16.0. The summed E-state index contributed by atoms with van der Waals surface area (Å²) in [5, 5.41) is 48.2. The van der Waals surface area contributed by atoms with Crippen molar-refractivity contribution in [2.45, 2.75) is 153 Å². The fourth-order valence-electron chi connectivity index (χ4n) is 8.18. The maximum atomic E-state index is 13.6. The summed E-state index contributed by atoms with van der Waals surface area (Å²) < 4.78 is 41.7. The number of ketones is 1. The smallest absolute Gasteiger partial charge is 0.308 e. The number of azide groups is 1. The molecule has 0 aromatic heterocycles. The zero-order valence-electron chi connectivity index (χ0n) is 35.2. The summed E-state index contributed by atoms with van der Waals surface area (Å²) in [7, 11) is 6.42. The number of cyclic esters (lactones) is 1. The van der Waals surface area contributed by atoms with Crippen LogP contribution in [0.3, 0.4) is 0 Å². The summed E-state index contributed by atoms with van der Waals surface area (Å²) in [6.07, 6.45) is -4.59. The van der Waals surface area contributed by atoms with E-state index in [4.69, 9.17) is 38.7 Å². The monoisotopic (exact) mass is 812 g/mol. The number of aliphatic hydroxyl groups is 4. The van der Waals surface area contributed by atoms with Crippen LogP contribution in [0.4, 0.5) is 0 Å². The number of hydrogen-bond donors (Lipinski definition) is 4. The number of aliphatic hydroxyl groups excluding tert-OH is 4. The number of methoxy groups -OCH3 is 2. The first kappa shape index (κ1) is 48.9. The SMILES string of the molecule is CC[C@H]1OC(=O)C[C@@H](O)[C@H](C)[C@@H](O[C@@H]2O[C@H](C)[C@@H](O)C(N(C)C)C2O)[C@@H](CCN=[N+]=[N-])C[C@@H](C)C(=O)/C=C/C(C)=C/[C@@H]1CCO[C@@H]1OC(C)[C@@H](O)[C@H](OC)C1OC. The number of esters is 1. The van der Waals surface area contributed by atoms with Crippen molar-refractivity contribution in [2.24, 2.45) is 28.8 Å². The number of likely N-dealkylation sites (N-methyl/N-ethyl adjacent to an activating group) is 1. The fourth-order valence-corrected chi connectivity index (χ4v) is 8.18. The van der Waals surface area contributed by atoms with Crippen molar-refractivity contribution in [3.8, 4) is 0 Å². The highest BCUT2D eigenvalue weighted by Crippen LogP contribution is 2.35. The lowest BCUT2D eigenvalue weighted by Crippen LogP contribution is -2.63. The predicted molar refractivity (Wildman–Crippen MR) is 208 cm³/mol. The average molecular weight is 813 g/mol. The minimum absolute atomic E-state index is 0.0736. The van der Waals surface area contributed by atoms with Gasteiger partial charge in [0.15, 0.2) is 18.4 Å². The van der Waals surface area contributed by atoms with E-state index in [0.29, 0.717) is 12.8 Å². The molecule has 0 aliphatic carbocycles. The molecule has 3 aliphatic heterocycles. The van der Waals surface area contributed by atoms with Crippen molar-refractivity contribution in [3.63, 3.8) is 0 Å². The topological polar surface area (TPSA) is 232 Å². The van der Waals surface area contributed by atoms with Crippen LogP contribution in [0.2, 0.25) is 0 Å². The van der Waals surface area contributed by atoms with E-state index in [1.54, 1.807) is 52.8 Å². The van der Waals surface area contributed by atoms with Gasteiger partial charge in [-0.15, -0.1) is 0 Å². The molecule has 17 atom stereocenters. The predicted octanol–water partition coefficient (Wildman–Crippen LogP) is 3.06. The molecule has 0 spiro atoms. The van der Waals surface area contributed by atoms with Crippen molar-refractivity contribution in [1.29, 1.82) is 0 Å². The van der Waals surface area contributed by atoms with Gasteiger partial charge in [0.1, 0.15) is 30.5 Å². The van der Waals surface area contributed by atoms with Gasteiger partial charge in [-0.05, 0) is 78.1 Å². The van der Waals surface area contributed by atoms with Gasteiger partial charge in [-0.1, -0.05) is 43.6 Å². The number of ether oxygens (including phenoxy) is 7. The molecule has 4 unspecified atom stereocenters. The van der Waals surface area contributed by atoms with Crippen LogP contribution < -0.4 is 0 Å². The van der Waals surface area contributed by atoms with Crippen LogP contribution in [-0.2, 0) is 42.7 Å². The van der Waals surface area contributed by atoms with Crippen LogP contribution in [0.5, 0.6) is 0 Å². The van der Waals surface area contributed by atoms with Crippen LogP contribution in [0.25, 0.3) is 10.4 Å². The minimum atomic E-state index is -1.29. The summed E-state index contributed by atoms with van der Waals surface area (Å²) in [4.78, 5) is 31.9. The van der Waals surface area contributed by atoms with E-state index in [2.05, 4.69) is 10.0 Å². The number of carbonyl (C=O) groups excluding carboxylic acids is 2. The lowest BCUT2D eigenvalue weighted by molar-refractivity contribution is -0.304. The van der Waals surface area contributed by atoms with Crippen molar-refractivity contribution in [1.82, 2.24) is 4.90 Å². The van der Waals surface area contributed by atoms with Crippen LogP contribution in [0.1, 0.15) is 73.6 Å². The molecule has 0 bridgehead atoms. The van der Waals surface area contributed by atoms with Gasteiger partial charge in [-0.3, -0.25) is 9.59 Å². The van der Waals surface area contributed by atoms with Gasteiger partial charge >= 0.3 is 5.97 Å². The Bertz CT molecular complexity index is 1380. The number of allylic oxidation sites excluding steroid dienone is 3. The molecule has 3 heterocycles. The zero-order valence-corrected chi connectivity index (χ0v) is 35.2. The maximum absolute atomic E-state index is 13.6. The summed E-state index contributed by atoms with van der Waals surface area (Å²) >= 11 is 0. The average Bonchev–Trinajstić information content (AvgIpc) is 3.16. The molecule has 3 aliphatic rings. The number of nitrogens with zero attached hydrogens (tertiary/aromatic N) is 4. The van der Waals surface area contributed by atoms with Gasteiger partial charge < -0.3 is 58.5 Å². The molecule has 0 aromatic carbocycles. The molecule has 17 heteroatoms. The van der Waals surface area contributed by atoms with E-state index in [0.717, 1.165) is 5.57 Å². The largest absolute Gasteiger partial charge is 0.462 e. The maximum Gasteiger partial charge on any atom is 0.308 e. The molecule has 326 valence electrons. The Hall–Kier alpha value is -2.51. The highest BCUT2D eigenvalue weighted by molar-refractivity contribution is 5.91. The Kier molecular flexibility index (Phi) is 20.0. The molecule has 2 fully saturated rings. The van der Waals surface area contributed by atoms with Crippen LogP contribution in [-0.4, -0.2) is 158 Å². The summed E-state index contributed by atoms with van der Waals surface area (Å²) in [5.41, 5.74) is 9.83. The van der Waals surface area contributed by atoms with E-state index < -0.39 is 103 Å². The quantitative estimate of drug-likeness (QED) is 0.0907. The Labute approximate surface area is 337 Å². The van der Waals surface area contributed by atoms with E-state index in [1.165, 1.54) is 20.3 Å². The molecule has 0 aromatic rings. The third kappa shape index (κ3) is 13.2. The molecule has 3 rings (SSSR count). The Morgan fingerprint density at radius 2 is 1.56 bits per heavy atom. The second kappa shape index (κ2) is 23.3. The van der Waals surface area contributed by atoms with Crippen molar-refractivity contribution < 1.29 is 63.2 Å². The fraction of sp³-hybridized carbons (Fsp3) is 0.850. The normalized spacial score (nSPS) is 41.8. The van der Waals surface area contributed by atoms with Gasteiger partial charge in [-0.25, -0.2) is 0 Å². The van der Waals surface area contributed by atoms with Gasteiger partial charge in [0.2, 0.25) is 0 Å². The van der Waals surface area contributed by atoms with Crippen LogP contribution in [0, 0.1) is 23.7 Å². The number of rotatable bonds is 13. The highest BCUT2D eigenvalue weighted by atomic mass is 16.7. The number of carbonyl (C=O) groups is 2. The first-order valence-electron chi connectivity index (χ1n) is 20.1. The molecule has 2 saturated heterocycles. The third-order valence-corrected chi connectivity index (χ3v) is 11.7. The standard InChI is InChI=1S/C40H68N4O13/c1-11-30-26(15-17-53-40-38(52-10)37(51-9)34(49)25(6)55-40)18-21(2)12-13-28(45)22(3)19-27(14-16-42-43-41)36(23(4)29(46)20-31(47)56-30)57-39-35(50)32(44(7)8)33(48)24(5)54-39/h12-13,18,22-27,29-30,32-40,46,48-50H,11,14-17,19-20H2,1-10H3/b13-12+,21-18+/t22-,23+,24-,25?,26+,27+,29-,30-,32?,33-,34-,35?,36-,37+,38?,39+,40-/m1/s1. The molecule has 0 radical (unpaired) electrons. The Balaban J connectivity index is 1.95. The molecule has 57 heavy (non-hydrogen) atoms. The van der Waals surface area contributed by atoms with E-state index in [-0.39, 0.29) is 44.1 Å². The molecule has 0 amide bonds. The molecular weight excluding hydrogens is 744 g/mol. The summed E-state index contributed by atoms with van der Waals surface area (Å²) in [5.74, 6) is -2.93. The van der Waals surface area contributed by atoms with Gasteiger partial charge in [0.05, 0.1) is 49.6 Å². The lowest BCUT2D eigenvalue weighted by Gasteiger charge is -2.46. The van der Waals surface area contributed by atoms with Crippen molar-refractivity contribution in [3.05, 3.63) is 34.2 Å². The van der Waals surface area contributed by atoms with E-state index >= 15 is 0 Å². The molecular formula is C40H68N4O13. The minimum Gasteiger partial charge on any atom is -0.462 e. The van der Waals surface area contributed by atoms with E-state index in [1.807, 2.05) is 19.9 Å². The zero-order chi connectivity index (χ0) is 42.6. The lowest BCUT2D eigenvalue weighted by atomic mass is 9.79. The van der Waals surface area contributed by atoms with Gasteiger partial charge in [-0.2, -0.15) is 0 Å². The Morgan fingerprint density at radius 1 is 0.912 bits per heavy atom. The van der Waals surface area contributed by atoms with Gasteiger partial charge in [0.25, 0.3) is 0 Å². The van der Waals surface area contributed by atoms with E-state index in [9.17, 15) is 30.0 Å². The number of hydrogen-bond acceptors (Lipinski definition) is 15. The van der Waals surface area contributed by atoms with Crippen LogP contribution in [0.15, 0.2) is 28.9 Å². The van der Waals surface area contributed by atoms with Crippen molar-refractivity contribution >= 4 is 11.8 Å². The summed E-state index contributed by atoms with van der Waals surface area (Å²) in [6, 6.07) is -0.733. The van der Waals surface area contributed by atoms with Gasteiger partial charge in [0, 0.05) is 43.4 Å².